The Labute approximate surface area is 205 Å². The Kier molecular flexibility index (Phi) is 7.08. The molecule has 4 aromatic rings. The minimum Gasteiger partial charge on any atom is -0.343 e. The van der Waals surface area contributed by atoms with E-state index in [0.717, 1.165) is 32.4 Å². The molecule has 0 saturated carbocycles. The van der Waals surface area contributed by atoms with Gasteiger partial charge in [0.05, 0.1) is 6.04 Å². The lowest BCUT2D eigenvalue weighted by Crippen LogP contribution is -2.18. The number of carbonyl (C=O) groups excluding carboxylic acids is 1. The van der Waals surface area contributed by atoms with Crippen LogP contribution in [-0.4, -0.2) is 15.9 Å². The van der Waals surface area contributed by atoms with E-state index >= 15 is 0 Å². The molecule has 0 bridgehead atoms. The van der Waals surface area contributed by atoms with E-state index in [-0.39, 0.29) is 11.9 Å². The summed E-state index contributed by atoms with van der Waals surface area (Å²) < 4.78 is 0. The molecule has 1 amide bonds. The van der Waals surface area contributed by atoms with Gasteiger partial charge < -0.3 is 10.6 Å². The van der Waals surface area contributed by atoms with Crippen LogP contribution in [0, 0.1) is 20.8 Å². The standard InChI is InChI=1S/C28H30N4OS/c1-17(2)21-11-13-22(14-12-21)25(31-28-29-18(3)15-19(4)30-28)24-16-20(5)34-27(24)32-26(33)23-9-7-6-8-10-23/h6-17,25H,1-5H3,(H,32,33)(H,29,30,31)/t25-/m0/s1. The zero-order chi connectivity index (χ0) is 24.2. The third-order valence-corrected chi connectivity index (χ3v) is 6.63. The van der Waals surface area contributed by atoms with E-state index in [1.54, 1.807) is 11.3 Å². The number of rotatable bonds is 7. The molecule has 6 heteroatoms. The van der Waals surface area contributed by atoms with Crippen molar-refractivity contribution in [3.8, 4) is 0 Å². The number of thiophene rings is 1. The number of aromatic nitrogens is 2. The lowest BCUT2D eigenvalue weighted by atomic mass is 9.96. The Balaban J connectivity index is 1.74. The summed E-state index contributed by atoms with van der Waals surface area (Å²) in [5.41, 5.74) is 5.80. The summed E-state index contributed by atoms with van der Waals surface area (Å²) in [7, 11) is 0. The molecule has 34 heavy (non-hydrogen) atoms. The first-order chi connectivity index (χ1) is 16.3. The average Bonchev–Trinajstić information content (AvgIpc) is 3.17. The van der Waals surface area contributed by atoms with Gasteiger partial charge in [0.2, 0.25) is 5.95 Å². The van der Waals surface area contributed by atoms with Crippen molar-refractivity contribution in [2.75, 3.05) is 10.6 Å². The molecule has 0 saturated heterocycles. The third-order valence-electron chi connectivity index (χ3n) is 5.65. The SMILES string of the molecule is Cc1cc(C)nc(N[C@@H](c2ccc(C(C)C)cc2)c2cc(C)sc2NC(=O)c2ccccc2)n1. The number of anilines is 2. The van der Waals surface area contributed by atoms with Crippen molar-refractivity contribution in [1.82, 2.24) is 9.97 Å². The minimum absolute atomic E-state index is 0.125. The fourth-order valence-corrected chi connectivity index (χ4v) is 4.89. The van der Waals surface area contributed by atoms with Gasteiger partial charge in [-0.25, -0.2) is 9.97 Å². The Morgan fingerprint density at radius 2 is 1.47 bits per heavy atom. The van der Waals surface area contributed by atoms with E-state index in [1.807, 2.05) is 50.2 Å². The summed E-state index contributed by atoms with van der Waals surface area (Å²) in [6, 6.07) is 21.8. The molecule has 0 aliphatic carbocycles. The average molecular weight is 471 g/mol. The van der Waals surface area contributed by atoms with Gasteiger partial charge in [-0.2, -0.15) is 0 Å². The van der Waals surface area contributed by atoms with Crippen molar-refractivity contribution in [3.05, 3.63) is 105 Å². The molecule has 0 unspecified atom stereocenters. The fourth-order valence-electron chi connectivity index (χ4n) is 3.94. The molecule has 0 aliphatic rings. The smallest absolute Gasteiger partial charge is 0.256 e. The quantitative estimate of drug-likeness (QED) is 0.304. The highest BCUT2D eigenvalue weighted by Crippen LogP contribution is 2.37. The number of hydrogen-bond donors (Lipinski definition) is 2. The first kappa shape index (κ1) is 23.6. The Bertz CT molecular complexity index is 1260. The lowest BCUT2D eigenvalue weighted by molar-refractivity contribution is 0.102. The molecule has 2 aromatic heterocycles. The zero-order valence-corrected chi connectivity index (χ0v) is 21.0. The van der Waals surface area contributed by atoms with Crippen LogP contribution in [-0.2, 0) is 0 Å². The van der Waals surface area contributed by atoms with Crippen LogP contribution in [0.4, 0.5) is 10.9 Å². The molecule has 0 aliphatic heterocycles. The summed E-state index contributed by atoms with van der Waals surface area (Å²) in [4.78, 5) is 23.3. The molecule has 0 radical (unpaired) electrons. The van der Waals surface area contributed by atoms with Gasteiger partial charge in [-0.15, -0.1) is 11.3 Å². The number of hydrogen-bond acceptors (Lipinski definition) is 5. The first-order valence-electron chi connectivity index (χ1n) is 11.5. The van der Waals surface area contributed by atoms with Gasteiger partial charge in [-0.3, -0.25) is 4.79 Å². The number of benzene rings is 2. The van der Waals surface area contributed by atoms with Crippen LogP contribution in [0.5, 0.6) is 0 Å². The van der Waals surface area contributed by atoms with E-state index in [1.165, 1.54) is 5.56 Å². The maximum absolute atomic E-state index is 13.0. The van der Waals surface area contributed by atoms with E-state index in [2.05, 4.69) is 71.7 Å². The number of amides is 1. The van der Waals surface area contributed by atoms with Gasteiger partial charge in [0, 0.05) is 27.4 Å². The Hall–Kier alpha value is -3.51. The van der Waals surface area contributed by atoms with E-state index in [0.29, 0.717) is 17.4 Å². The maximum atomic E-state index is 13.0. The maximum Gasteiger partial charge on any atom is 0.256 e. The van der Waals surface area contributed by atoms with Crippen molar-refractivity contribution in [1.29, 1.82) is 0 Å². The van der Waals surface area contributed by atoms with Crippen LogP contribution < -0.4 is 10.6 Å². The monoisotopic (exact) mass is 470 g/mol. The molecule has 2 heterocycles. The highest BCUT2D eigenvalue weighted by molar-refractivity contribution is 7.16. The number of aryl methyl sites for hydroxylation is 3. The van der Waals surface area contributed by atoms with Crippen molar-refractivity contribution in [3.63, 3.8) is 0 Å². The number of nitrogens with one attached hydrogen (secondary N) is 2. The minimum atomic E-state index is -0.224. The van der Waals surface area contributed by atoms with Gasteiger partial charge in [0.1, 0.15) is 5.00 Å². The van der Waals surface area contributed by atoms with Crippen LogP contribution in [0.2, 0.25) is 0 Å². The molecule has 2 aromatic carbocycles. The second kappa shape index (κ2) is 10.2. The van der Waals surface area contributed by atoms with E-state index < -0.39 is 0 Å². The van der Waals surface area contributed by atoms with Crippen LogP contribution in [0.15, 0.2) is 66.7 Å². The van der Waals surface area contributed by atoms with Crippen LogP contribution >= 0.6 is 11.3 Å². The summed E-state index contributed by atoms with van der Waals surface area (Å²) in [6.45, 7) is 10.4. The third kappa shape index (κ3) is 5.51. The fraction of sp³-hybridized carbons (Fsp3) is 0.250. The largest absolute Gasteiger partial charge is 0.343 e. The van der Waals surface area contributed by atoms with Gasteiger partial charge in [0.15, 0.2) is 0 Å². The summed E-state index contributed by atoms with van der Waals surface area (Å²) >= 11 is 1.57. The topological polar surface area (TPSA) is 66.9 Å². The molecule has 1 atom stereocenters. The van der Waals surface area contributed by atoms with Crippen LogP contribution in [0.3, 0.4) is 0 Å². The molecular formula is C28H30N4OS. The first-order valence-corrected chi connectivity index (χ1v) is 12.3. The van der Waals surface area contributed by atoms with Gasteiger partial charge in [-0.1, -0.05) is 56.3 Å². The normalized spacial score (nSPS) is 11.9. The van der Waals surface area contributed by atoms with Crippen LogP contribution in [0.25, 0.3) is 0 Å². The zero-order valence-electron chi connectivity index (χ0n) is 20.2. The van der Waals surface area contributed by atoms with Gasteiger partial charge in [-0.05, 0) is 62.1 Å². The molecule has 4 rings (SSSR count). The Morgan fingerprint density at radius 1 is 0.853 bits per heavy atom. The van der Waals surface area contributed by atoms with Crippen LogP contribution in [0.1, 0.15) is 69.1 Å². The van der Waals surface area contributed by atoms with E-state index in [9.17, 15) is 4.79 Å². The second-order valence-electron chi connectivity index (χ2n) is 8.83. The van der Waals surface area contributed by atoms with Gasteiger partial charge >= 0.3 is 0 Å². The lowest BCUT2D eigenvalue weighted by Gasteiger charge is -2.21. The van der Waals surface area contributed by atoms with Crippen molar-refractivity contribution in [2.24, 2.45) is 0 Å². The number of nitrogens with zero attached hydrogens (tertiary/aromatic N) is 2. The molecule has 0 fully saturated rings. The van der Waals surface area contributed by atoms with Crippen molar-refractivity contribution < 1.29 is 4.79 Å². The summed E-state index contributed by atoms with van der Waals surface area (Å²) in [6.07, 6.45) is 0. The molecule has 5 nitrogen and oxygen atoms in total. The molecular weight excluding hydrogens is 440 g/mol. The highest BCUT2D eigenvalue weighted by Gasteiger charge is 2.23. The summed E-state index contributed by atoms with van der Waals surface area (Å²) in [5, 5.41) is 7.50. The van der Waals surface area contributed by atoms with Crippen molar-refractivity contribution in [2.45, 2.75) is 46.6 Å². The highest BCUT2D eigenvalue weighted by atomic mass is 32.1. The Morgan fingerprint density at radius 3 is 2.09 bits per heavy atom. The summed E-state index contributed by atoms with van der Waals surface area (Å²) in [5.74, 6) is 0.896. The van der Waals surface area contributed by atoms with E-state index in [4.69, 9.17) is 0 Å². The second-order valence-corrected chi connectivity index (χ2v) is 10.1. The predicted molar refractivity (Wildman–Crippen MR) is 141 cm³/mol. The van der Waals surface area contributed by atoms with Crippen molar-refractivity contribution >= 4 is 28.2 Å². The van der Waals surface area contributed by atoms with Gasteiger partial charge in [0.25, 0.3) is 5.91 Å². The number of carbonyl (C=O) groups is 1. The predicted octanol–water partition coefficient (Wildman–Crippen LogP) is 7.04. The molecule has 2 N–H and O–H groups in total. The molecule has 174 valence electrons. The molecule has 0 spiro atoms.